The summed E-state index contributed by atoms with van der Waals surface area (Å²) in [6.07, 6.45) is 1.75. The first-order valence-electron chi connectivity index (χ1n) is 9.09. The molecule has 1 aromatic heterocycles. The maximum Gasteiger partial charge on any atom is 0.244 e. The quantitative estimate of drug-likeness (QED) is 0.786. The number of aromatic nitrogens is 2. The Bertz CT molecular complexity index is 757. The average Bonchev–Trinajstić information content (AvgIpc) is 2.62. The minimum Gasteiger partial charge on any atom is -0.356 e. The van der Waals surface area contributed by atoms with E-state index in [1.54, 1.807) is 6.92 Å². The molecule has 2 heterocycles. The van der Waals surface area contributed by atoms with Crippen molar-refractivity contribution in [2.45, 2.75) is 45.2 Å². The largest absolute Gasteiger partial charge is 0.356 e. The number of halogens is 2. The maximum absolute atomic E-state index is 12.7. The van der Waals surface area contributed by atoms with Crippen molar-refractivity contribution >= 4 is 36.5 Å². The summed E-state index contributed by atoms with van der Waals surface area (Å²) in [6, 6.07) is 11.6. The fourth-order valence-electron chi connectivity index (χ4n) is 3.36. The Kier molecular flexibility index (Phi) is 8.67. The number of nitrogens with one attached hydrogen (secondary N) is 1. The standard InChI is InChI=1S/C20H27N5O.2ClH/c1-14-13-18(23-15(2)22-14)25-11-9-17(10-12-25)24-19(26)20(3,21)16-7-5-4-6-8-16;;/h4-8,13,17H,9-12,21H2,1-3H3,(H,24,26);2*1H. The fourth-order valence-corrected chi connectivity index (χ4v) is 3.36. The molecule has 0 saturated carbocycles. The molecular weight excluding hydrogens is 397 g/mol. The lowest BCUT2D eigenvalue weighted by molar-refractivity contribution is -0.127. The van der Waals surface area contributed by atoms with Gasteiger partial charge in [-0.05, 0) is 39.2 Å². The number of carbonyl (C=O) groups is 1. The minimum absolute atomic E-state index is 0. The van der Waals surface area contributed by atoms with Crippen LogP contribution in [0.15, 0.2) is 36.4 Å². The van der Waals surface area contributed by atoms with Gasteiger partial charge < -0.3 is 16.0 Å². The molecule has 1 aliphatic rings. The van der Waals surface area contributed by atoms with Gasteiger partial charge in [0.15, 0.2) is 0 Å². The fraction of sp³-hybridized carbons (Fsp3) is 0.450. The summed E-state index contributed by atoms with van der Waals surface area (Å²) in [6.45, 7) is 7.37. The van der Waals surface area contributed by atoms with Crippen LogP contribution in [0.2, 0.25) is 0 Å². The third kappa shape index (κ3) is 5.56. The highest BCUT2D eigenvalue weighted by Gasteiger charge is 2.32. The second-order valence-corrected chi connectivity index (χ2v) is 7.22. The van der Waals surface area contributed by atoms with Crippen LogP contribution in [-0.4, -0.2) is 35.0 Å². The first-order valence-corrected chi connectivity index (χ1v) is 9.09. The van der Waals surface area contributed by atoms with Gasteiger partial charge in [0.1, 0.15) is 17.2 Å². The molecule has 28 heavy (non-hydrogen) atoms. The van der Waals surface area contributed by atoms with Crippen LogP contribution in [0.4, 0.5) is 5.82 Å². The Balaban J connectivity index is 0.00000196. The van der Waals surface area contributed by atoms with Gasteiger partial charge in [-0.15, -0.1) is 24.8 Å². The predicted octanol–water partition coefficient (Wildman–Crippen LogP) is 2.90. The third-order valence-corrected chi connectivity index (χ3v) is 4.95. The van der Waals surface area contributed by atoms with E-state index >= 15 is 0 Å². The van der Waals surface area contributed by atoms with Crippen LogP contribution in [0.1, 0.15) is 36.8 Å². The maximum atomic E-state index is 12.7. The Morgan fingerprint density at radius 1 is 1.14 bits per heavy atom. The summed E-state index contributed by atoms with van der Waals surface area (Å²) < 4.78 is 0. The van der Waals surface area contributed by atoms with Crippen LogP contribution in [0.3, 0.4) is 0 Å². The van der Waals surface area contributed by atoms with Gasteiger partial charge in [0.2, 0.25) is 5.91 Å². The first-order chi connectivity index (χ1) is 12.4. The molecule has 1 saturated heterocycles. The summed E-state index contributed by atoms with van der Waals surface area (Å²) in [5.41, 5.74) is 7.08. The molecule has 1 atom stereocenters. The molecule has 0 aliphatic carbocycles. The third-order valence-electron chi connectivity index (χ3n) is 4.95. The van der Waals surface area contributed by atoms with Crippen molar-refractivity contribution in [2.24, 2.45) is 5.73 Å². The molecule has 3 rings (SSSR count). The number of piperidine rings is 1. The second kappa shape index (κ2) is 10.0. The molecule has 1 unspecified atom stereocenters. The number of hydrogen-bond donors (Lipinski definition) is 2. The highest BCUT2D eigenvalue weighted by atomic mass is 35.5. The number of anilines is 1. The molecule has 0 spiro atoms. The normalized spacial score (nSPS) is 16.4. The molecular formula is C20H29Cl2N5O. The molecule has 154 valence electrons. The molecule has 1 amide bonds. The van der Waals surface area contributed by atoms with Gasteiger partial charge in [0, 0.05) is 30.9 Å². The average molecular weight is 426 g/mol. The van der Waals surface area contributed by atoms with E-state index in [1.807, 2.05) is 50.2 Å². The highest BCUT2D eigenvalue weighted by Crippen LogP contribution is 2.21. The van der Waals surface area contributed by atoms with Crippen molar-refractivity contribution in [3.8, 4) is 0 Å². The van der Waals surface area contributed by atoms with E-state index in [2.05, 4.69) is 20.2 Å². The van der Waals surface area contributed by atoms with Crippen LogP contribution >= 0.6 is 24.8 Å². The molecule has 1 aliphatic heterocycles. The molecule has 6 nitrogen and oxygen atoms in total. The number of rotatable bonds is 4. The van der Waals surface area contributed by atoms with Crippen LogP contribution < -0.4 is 16.0 Å². The number of amides is 1. The van der Waals surface area contributed by atoms with E-state index in [-0.39, 0.29) is 36.8 Å². The van der Waals surface area contributed by atoms with Crippen molar-refractivity contribution in [3.05, 3.63) is 53.5 Å². The van der Waals surface area contributed by atoms with E-state index in [1.165, 1.54) is 0 Å². The second-order valence-electron chi connectivity index (χ2n) is 7.22. The van der Waals surface area contributed by atoms with Gasteiger partial charge in [-0.25, -0.2) is 9.97 Å². The molecule has 0 radical (unpaired) electrons. The van der Waals surface area contributed by atoms with E-state index < -0.39 is 5.54 Å². The minimum atomic E-state index is -1.03. The van der Waals surface area contributed by atoms with E-state index in [0.29, 0.717) is 0 Å². The molecule has 0 bridgehead atoms. The number of hydrogen-bond acceptors (Lipinski definition) is 5. The monoisotopic (exact) mass is 425 g/mol. The van der Waals surface area contributed by atoms with Crippen molar-refractivity contribution < 1.29 is 4.79 Å². The first kappa shape index (κ1) is 24.1. The van der Waals surface area contributed by atoms with E-state index in [9.17, 15) is 4.79 Å². The van der Waals surface area contributed by atoms with E-state index in [4.69, 9.17) is 5.73 Å². The Morgan fingerprint density at radius 2 is 1.75 bits per heavy atom. The van der Waals surface area contributed by atoms with Crippen molar-refractivity contribution in [3.63, 3.8) is 0 Å². The number of carbonyl (C=O) groups excluding carboxylic acids is 1. The van der Waals surface area contributed by atoms with Crippen LogP contribution in [0, 0.1) is 13.8 Å². The lowest BCUT2D eigenvalue weighted by atomic mass is 9.91. The lowest BCUT2D eigenvalue weighted by Crippen LogP contribution is -2.54. The van der Waals surface area contributed by atoms with Gasteiger partial charge >= 0.3 is 0 Å². The van der Waals surface area contributed by atoms with Gasteiger partial charge in [0.25, 0.3) is 0 Å². The molecule has 1 fully saturated rings. The van der Waals surface area contributed by atoms with Gasteiger partial charge in [-0.1, -0.05) is 30.3 Å². The number of benzene rings is 1. The van der Waals surface area contributed by atoms with Gasteiger partial charge in [-0.3, -0.25) is 4.79 Å². The Hall–Kier alpha value is -1.89. The zero-order valence-corrected chi connectivity index (χ0v) is 18.1. The molecule has 2 aromatic rings. The summed E-state index contributed by atoms with van der Waals surface area (Å²) in [5.74, 6) is 1.63. The summed E-state index contributed by atoms with van der Waals surface area (Å²) in [4.78, 5) is 23.8. The number of nitrogens with zero attached hydrogens (tertiary/aromatic N) is 3. The number of aryl methyl sites for hydroxylation is 2. The SMILES string of the molecule is Cc1cc(N2CCC(NC(=O)C(C)(N)c3ccccc3)CC2)nc(C)n1.Cl.Cl. The summed E-state index contributed by atoms with van der Waals surface area (Å²) in [7, 11) is 0. The predicted molar refractivity (Wildman–Crippen MR) is 117 cm³/mol. The summed E-state index contributed by atoms with van der Waals surface area (Å²) in [5, 5.41) is 3.13. The zero-order chi connectivity index (χ0) is 18.7. The van der Waals surface area contributed by atoms with Crippen molar-refractivity contribution in [2.75, 3.05) is 18.0 Å². The highest BCUT2D eigenvalue weighted by molar-refractivity contribution is 5.87. The summed E-state index contributed by atoms with van der Waals surface area (Å²) >= 11 is 0. The van der Waals surface area contributed by atoms with E-state index in [0.717, 1.165) is 48.8 Å². The zero-order valence-electron chi connectivity index (χ0n) is 16.5. The van der Waals surface area contributed by atoms with Crippen molar-refractivity contribution in [1.29, 1.82) is 0 Å². The van der Waals surface area contributed by atoms with Gasteiger partial charge in [0.05, 0.1) is 0 Å². The number of nitrogens with two attached hydrogens (primary N) is 1. The van der Waals surface area contributed by atoms with Crippen LogP contribution in [-0.2, 0) is 10.3 Å². The lowest BCUT2D eigenvalue weighted by Gasteiger charge is -2.35. The molecule has 8 heteroatoms. The molecule has 1 aromatic carbocycles. The Labute approximate surface area is 179 Å². The molecule has 3 N–H and O–H groups in total. The van der Waals surface area contributed by atoms with Crippen molar-refractivity contribution in [1.82, 2.24) is 15.3 Å². The smallest absolute Gasteiger partial charge is 0.244 e. The topological polar surface area (TPSA) is 84.1 Å². The van der Waals surface area contributed by atoms with Crippen LogP contribution in [0.5, 0.6) is 0 Å². The van der Waals surface area contributed by atoms with Crippen LogP contribution in [0.25, 0.3) is 0 Å². The van der Waals surface area contributed by atoms with Gasteiger partial charge in [-0.2, -0.15) is 0 Å². The Morgan fingerprint density at radius 3 is 2.32 bits per heavy atom.